The van der Waals surface area contributed by atoms with Crippen molar-refractivity contribution in [2.24, 2.45) is 5.92 Å². The number of ether oxygens (including phenoxy) is 1. The van der Waals surface area contributed by atoms with E-state index in [9.17, 15) is 5.11 Å². The number of hydrogen-bond donors (Lipinski definition) is 2. The summed E-state index contributed by atoms with van der Waals surface area (Å²) in [7, 11) is 8.10. The number of hydrogen-bond acceptors (Lipinski definition) is 4. The largest absolute Gasteiger partial charge is 0.497 e. The second kappa shape index (κ2) is 9.49. The number of methoxy groups -OCH3 is 1. The van der Waals surface area contributed by atoms with Crippen molar-refractivity contribution in [2.75, 3.05) is 34.8 Å². The van der Waals surface area contributed by atoms with Crippen LogP contribution in [0.2, 0.25) is 0 Å². The monoisotopic (exact) mass is 449 g/mol. The molecule has 0 aliphatic heterocycles. The zero-order valence-electron chi connectivity index (χ0n) is 21.0. The van der Waals surface area contributed by atoms with Crippen molar-refractivity contribution in [1.82, 2.24) is 14.8 Å². The summed E-state index contributed by atoms with van der Waals surface area (Å²) in [4.78, 5) is 8.15. The number of aliphatic hydroxyl groups is 1. The van der Waals surface area contributed by atoms with Crippen molar-refractivity contribution in [3.63, 3.8) is 0 Å². The number of H-pyrrole nitrogens is 1. The summed E-state index contributed by atoms with van der Waals surface area (Å²) in [5.74, 6) is 0.946. The molecule has 3 atom stereocenters. The summed E-state index contributed by atoms with van der Waals surface area (Å²) in [6.07, 6.45) is 4.84. The normalized spacial score (nSPS) is 23.5. The first-order valence-electron chi connectivity index (χ1n) is 12.0. The van der Waals surface area contributed by atoms with Crippen LogP contribution >= 0.6 is 0 Å². The highest BCUT2D eigenvalue weighted by molar-refractivity contribution is 5.87. The number of benzene rings is 2. The lowest BCUT2D eigenvalue weighted by atomic mass is 9.69. The molecule has 0 radical (unpaired) electrons. The SMILES string of the molecule is COc1cccc(C2(O)CCC(N(C)Cc3c[nH]c4cc(C)cc(C)c34)CC2CN(C)C)c1. The highest BCUT2D eigenvalue weighted by Gasteiger charge is 2.44. The first-order chi connectivity index (χ1) is 15.7. The standard InChI is InChI=1S/C28H39N3O2/c1-19-12-20(2)27-21(16-29-26(27)13-19)17-31(5)24-10-11-28(32,23(14-24)18-30(3)4)22-8-7-9-25(15-22)33-6/h7-9,12-13,15-16,23-24,29,32H,10-11,14,17-18H2,1-6H3. The van der Waals surface area contributed by atoms with Crippen molar-refractivity contribution in [3.05, 3.63) is 64.8 Å². The smallest absolute Gasteiger partial charge is 0.119 e. The summed E-state index contributed by atoms with van der Waals surface area (Å²) in [6.45, 7) is 6.11. The van der Waals surface area contributed by atoms with Gasteiger partial charge in [-0.25, -0.2) is 0 Å². The molecule has 3 unspecified atom stereocenters. The van der Waals surface area contributed by atoms with E-state index in [-0.39, 0.29) is 5.92 Å². The first kappa shape index (κ1) is 23.8. The van der Waals surface area contributed by atoms with Crippen LogP contribution in [0.4, 0.5) is 0 Å². The van der Waals surface area contributed by atoms with Gasteiger partial charge in [-0.2, -0.15) is 0 Å². The lowest BCUT2D eigenvalue weighted by molar-refractivity contribution is -0.0811. The Morgan fingerprint density at radius 1 is 1.15 bits per heavy atom. The van der Waals surface area contributed by atoms with E-state index in [0.717, 1.165) is 43.7 Å². The molecule has 1 saturated carbocycles. The van der Waals surface area contributed by atoms with Crippen LogP contribution < -0.4 is 4.74 Å². The van der Waals surface area contributed by atoms with Crippen LogP contribution in [-0.2, 0) is 12.1 Å². The molecule has 33 heavy (non-hydrogen) atoms. The van der Waals surface area contributed by atoms with Crippen molar-refractivity contribution >= 4 is 10.9 Å². The van der Waals surface area contributed by atoms with Crippen LogP contribution in [0.15, 0.2) is 42.6 Å². The number of rotatable bonds is 7. The molecule has 0 amide bonds. The lowest BCUT2D eigenvalue weighted by Gasteiger charge is -2.46. The average Bonchev–Trinajstić information content (AvgIpc) is 3.17. The van der Waals surface area contributed by atoms with Gasteiger partial charge in [-0.3, -0.25) is 4.90 Å². The molecular formula is C28H39N3O2. The predicted molar refractivity (Wildman–Crippen MR) is 136 cm³/mol. The minimum Gasteiger partial charge on any atom is -0.497 e. The average molecular weight is 450 g/mol. The Morgan fingerprint density at radius 3 is 2.67 bits per heavy atom. The van der Waals surface area contributed by atoms with Gasteiger partial charge >= 0.3 is 0 Å². The van der Waals surface area contributed by atoms with E-state index in [2.05, 4.69) is 68.1 Å². The maximum Gasteiger partial charge on any atom is 0.119 e. The van der Waals surface area contributed by atoms with Gasteiger partial charge in [0, 0.05) is 42.1 Å². The molecule has 1 aliphatic rings. The molecular weight excluding hydrogens is 410 g/mol. The van der Waals surface area contributed by atoms with Gasteiger partial charge in [0.15, 0.2) is 0 Å². The summed E-state index contributed by atoms with van der Waals surface area (Å²) in [5.41, 5.74) is 5.32. The first-order valence-corrected chi connectivity index (χ1v) is 12.0. The second-order valence-corrected chi connectivity index (χ2v) is 10.3. The Labute approximate surface area is 198 Å². The molecule has 1 heterocycles. The molecule has 3 aromatic rings. The van der Waals surface area contributed by atoms with Crippen molar-refractivity contribution in [3.8, 4) is 5.75 Å². The molecule has 5 heteroatoms. The molecule has 2 aromatic carbocycles. The third kappa shape index (κ3) is 4.81. The van der Waals surface area contributed by atoms with E-state index in [1.807, 2.05) is 24.3 Å². The molecule has 0 bridgehead atoms. The molecule has 0 saturated heterocycles. The van der Waals surface area contributed by atoms with Crippen molar-refractivity contribution in [1.29, 1.82) is 0 Å². The number of aryl methyl sites for hydroxylation is 2. The number of nitrogens with zero attached hydrogens (tertiary/aromatic N) is 2. The molecule has 5 nitrogen and oxygen atoms in total. The van der Waals surface area contributed by atoms with E-state index in [4.69, 9.17) is 4.74 Å². The Bertz CT molecular complexity index is 1110. The zero-order valence-corrected chi connectivity index (χ0v) is 21.0. The fourth-order valence-corrected chi connectivity index (χ4v) is 5.84. The summed E-state index contributed by atoms with van der Waals surface area (Å²) in [6, 6.07) is 12.9. The number of aromatic amines is 1. The molecule has 4 rings (SSSR count). The molecule has 178 valence electrons. The fourth-order valence-electron chi connectivity index (χ4n) is 5.84. The van der Waals surface area contributed by atoms with Crippen LogP contribution in [0.25, 0.3) is 10.9 Å². The lowest BCUT2D eigenvalue weighted by Crippen LogP contribution is -2.49. The molecule has 1 fully saturated rings. The van der Waals surface area contributed by atoms with Crippen LogP contribution in [0.1, 0.15) is 41.5 Å². The summed E-state index contributed by atoms with van der Waals surface area (Å²) >= 11 is 0. The Morgan fingerprint density at radius 2 is 1.94 bits per heavy atom. The fraction of sp³-hybridized carbons (Fsp3) is 0.500. The van der Waals surface area contributed by atoms with E-state index < -0.39 is 5.60 Å². The Kier molecular flexibility index (Phi) is 6.85. The number of nitrogens with one attached hydrogen (secondary N) is 1. The van der Waals surface area contributed by atoms with Gasteiger partial charge in [0.1, 0.15) is 5.75 Å². The van der Waals surface area contributed by atoms with Gasteiger partial charge < -0.3 is 19.7 Å². The quantitative estimate of drug-likeness (QED) is 0.542. The van der Waals surface area contributed by atoms with Crippen LogP contribution in [0.5, 0.6) is 5.75 Å². The van der Waals surface area contributed by atoms with Crippen LogP contribution in [0.3, 0.4) is 0 Å². The maximum absolute atomic E-state index is 11.9. The van der Waals surface area contributed by atoms with Gasteiger partial charge in [0.05, 0.1) is 12.7 Å². The third-order valence-corrected chi connectivity index (χ3v) is 7.49. The Hall–Kier alpha value is -2.34. The second-order valence-electron chi connectivity index (χ2n) is 10.3. The van der Waals surface area contributed by atoms with Crippen LogP contribution in [-0.4, -0.2) is 60.7 Å². The third-order valence-electron chi connectivity index (χ3n) is 7.49. The summed E-state index contributed by atoms with van der Waals surface area (Å²) < 4.78 is 5.44. The van der Waals surface area contributed by atoms with Crippen molar-refractivity contribution < 1.29 is 9.84 Å². The minimum absolute atomic E-state index is 0.146. The van der Waals surface area contributed by atoms with Crippen LogP contribution in [0, 0.1) is 19.8 Å². The van der Waals surface area contributed by atoms with E-state index in [0.29, 0.717) is 6.04 Å². The molecule has 1 aliphatic carbocycles. The zero-order chi connectivity index (χ0) is 23.8. The van der Waals surface area contributed by atoms with Gasteiger partial charge in [-0.05, 0) is 94.7 Å². The van der Waals surface area contributed by atoms with E-state index in [1.54, 1.807) is 7.11 Å². The molecule has 1 aromatic heterocycles. The van der Waals surface area contributed by atoms with Gasteiger partial charge in [-0.1, -0.05) is 18.2 Å². The van der Waals surface area contributed by atoms with Crippen molar-refractivity contribution in [2.45, 2.75) is 51.3 Å². The van der Waals surface area contributed by atoms with Gasteiger partial charge in [0.25, 0.3) is 0 Å². The number of aromatic nitrogens is 1. The topological polar surface area (TPSA) is 51.7 Å². The molecule has 0 spiro atoms. The Balaban J connectivity index is 1.56. The number of fused-ring (bicyclic) bond motifs is 1. The predicted octanol–water partition coefficient (Wildman–Crippen LogP) is 4.84. The van der Waals surface area contributed by atoms with Gasteiger partial charge in [0.2, 0.25) is 0 Å². The van der Waals surface area contributed by atoms with Gasteiger partial charge in [-0.15, -0.1) is 0 Å². The van der Waals surface area contributed by atoms with E-state index in [1.165, 1.54) is 27.6 Å². The van der Waals surface area contributed by atoms with E-state index >= 15 is 0 Å². The highest BCUT2D eigenvalue weighted by Crippen LogP contribution is 2.44. The summed E-state index contributed by atoms with van der Waals surface area (Å²) in [5, 5.41) is 13.3. The maximum atomic E-state index is 11.9. The molecule has 2 N–H and O–H groups in total. The minimum atomic E-state index is -0.842. The highest BCUT2D eigenvalue weighted by atomic mass is 16.5.